The van der Waals surface area contributed by atoms with Crippen LogP contribution in [0.4, 0.5) is 0 Å². The normalized spacial score (nSPS) is 19.9. The molecule has 3 aromatic heterocycles. The molecular weight excluding hydrogens is 370 g/mol. The third-order valence-electron chi connectivity index (χ3n) is 7.10. The number of hydrogen-bond acceptors (Lipinski definition) is 3. The van der Waals surface area contributed by atoms with Gasteiger partial charge in [0.1, 0.15) is 6.33 Å². The van der Waals surface area contributed by atoms with E-state index in [4.69, 9.17) is 5.73 Å². The summed E-state index contributed by atoms with van der Waals surface area (Å²) in [5.74, 6) is 1.05. The molecule has 1 fully saturated rings. The van der Waals surface area contributed by atoms with Gasteiger partial charge in [-0.25, -0.2) is 0 Å². The van der Waals surface area contributed by atoms with Crippen molar-refractivity contribution in [1.82, 2.24) is 19.6 Å². The smallest absolute Gasteiger partial charge is 0.163 e. The number of nitrogens with two attached hydrogens (primary N) is 1. The van der Waals surface area contributed by atoms with Gasteiger partial charge in [-0.1, -0.05) is 19.9 Å². The third-order valence-corrected chi connectivity index (χ3v) is 7.10. The lowest BCUT2D eigenvalue weighted by atomic mass is 9.81. The Hall–Kier alpha value is -2.66. The van der Waals surface area contributed by atoms with Crippen LogP contribution in [0, 0.1) is 13.8 Å². The first kappa shape index (κ1) is 19.3. The molecule has 30 heavy (non-hydrogen) atoms. The lowest BCUT2D eigenvalue weighted by molar-refractivity contribution is 0.396. The standard InChI is InChI=1S/C25H31N5/c1-14(2)23-20-11-18(17-5-8-19(26)9-6-17)7-10-22(20)28-24(23)21-12-30-13-27-29-25(30)16(4)15(21)3/h7,10-14,17,19,28H,5-6,8-9,26H2,1-4H3. The highest BCUT2D eigenvalue weighted by atomic mass is 15.2. The van der Waals surface area contributed by atoms with E-state index in [9.17, 15) is 0 Å². The van der Waals surface area contributed by atoms with Crippen LogP contribution in [0.1, 0.15) is 73.6 Å². The fourth-order valence-corrected chi connectivity index (χ4v) is 5.21. The van der Waals surface area contributed by atoms with Crippen LogP contribution >= 0.6 is 0 Å². The Balaban J connectivity index is 1.68. The van der Waals surface area contributed by atoms with Crippen molar-refractivity contribution in [2.75, 3.05) is 0 Å². The molecule has 5 heteroatoms. The Kier molecular flexibility index (Phi) is 4.66. The molecule has 1 saturated carbocycles. The monoisotopic (exact) mass is 401 g/mol. The van der Waals surface area contributed by atoms with Gasteiger partial charge in [0, 0.05) is 28.7 Å². The van der Waals surface area contributed by atoms with Gasteiger partial charge in [-0.05, 0) is 85.8 Å². The molecule has 0 aliphatic heterocycles. The molecule has 0 spiro atoms. The van der Waals surface area contributed by atoms with Gasteiger partial charge >= 0.3 is 0 Å². The molecular formula is C25H31N5. The molecule has 3 N–H and O–H groups in total. The van der Waals surface area contributed by atoms with E-state index in [1.54, 1.807) is 6.33 Å². The first-order valence-corrected chi connectivity index (χ1v) is 11.1. The molecule has 156 valence electrons. The third kappa shape index (κ3) is 3.03. The summed E-state index contributed by atoms with van der Waals surface area (Å²) in [5, 5.41) is 9.73. The van der Waals surface area contributed by atoms with Crippen molar-refractivity contribution in [3.8, 4) is 11.3 Å². The van der Waals surface area contributed by atoms with Gasteiger partial charge < -0.3 is 10.7 Å². The lowest BCUT2D eigenvalue weighted by Gasteiger charge is -2.26. The Morgan fingerprint density at radius 3 is 2.60 bits per heavy atom. The van der Waals surface area contributed by atoms with Crippen LogP contribution in [0.5, 0.6) is 0 Å². The van der Waals surface area contributed by atoms with Gasteiger partial charge in [0.2, 0.25) is 0 Å². The summed E-state index contributed by atoms with van der Waals surface area (Å²) >= 11 is 0. The van der Waals surface area contributed by atoms with Crippen molar-refractivity contribution in [2.24, 2.45) is 5.73 Å². The van der Waals surface area contributed by atoms with Gasteiger partial charge in [0.15, 0.2) is 5.65 Å². The predicted octanol–water partition coefficient (Wildman–Crippen LogP) is 5.60. The van der Waals surface area contributed by atoms with Crippen molar-refractivity contribution in [3.63, 3.8) is 0 Å². The van der Waals surface area contributed by atoms with Gasteiger partial charge in [0.25, 0.3) is 0 Å². The van der Waals surface area contributed by atoms with Crippen LogP contribution in [0.2, 0.25) is 0 Å². The summed E-state index contributed by atoms with van der Waals surface area (Å²) in [4.78, 5) is 3.75. The first-order chi connectivity index (χ1) is 14.4. The fourth-order valence-electron chi connectivity index (χ4n) is 5.21. The number of nitrogens with one attached hydrogen (secondary N) is 1. The van der Waals surface area contributed by atoms with Crippen molar-refractivity contribution >= 4 is 16.6 Å². The summed E-state index contributed by atoms with van der Waals surface area (Å²) in [6.45, 7) is 8.90. The Bertz CT molecular complexity index is 1220. The number of aromatic nitrogens is 4. The summed E-state index contributed by atoms with van der Waals surface area (Å²) in [6, 6.07) is 7.41. The van der Waals surface area contributed by atoms with Gasteiger partial charge in [-0.3, -0.25) is 4.40 Å². The van der Waals surface area contributed by atoms with E-state index < -0.39 is 0 Å². The topological polar surface area (TPSA) is 72.0 Å². The fraction of sp³-hybridized carbons (Fsp3) is 0.440. The van der Waals surface area contributed by atoms with E-state index >= 15 is 0 Å². The maximum absolute atomic E-state index is 6.14. The molecule has 1 aliphatic carbocycles. The van der Waals surface area contributed by atoms with Crippen LogP contribution in [0.15, 0.2) is 30.7 Å². The minimum absolute atomic E-state index is 0.383. The zero-order chi connectivity index (χ0) is 21.0. The predicted molar refractivity (Wildman–Crippen MR) is 123 cm³/mol. The minimum atomic E-state index is 0.383. The number of benzene rings is 1. The zero-order valence-corrected chi connectivity index (χ0v) is 18.4. The molecule has 0 saturated heterocycles. The molecule has 4 aromatic rings. The summed E-state index contributed by atoms with van der Waals surface area (Å²) in [6.07, 6.45) is 8.62. The van der Waals surface area contributed by atoms with Gasteiger partial charge in [0.05, 0.1) is 5.69 Å². The summed E-state index contributed by atoms with van der Waals surface area (Å²) in [5.41, 5.74) is 16.0. The van der Waals surface area contributed by atoms with Crippen molar-refractivity contribution in [2.45, 2.75) is 71.3 Å². The highest BCUT2D eigenvalue weighted by Gasteiger charge is 2.23. The van der Waals surface area contributed by atoms with E-state index in [0.29, 0.717) is 17.9 Å². The Labute approximate surface area is 177 Å². The highest BCUT2D eigenvalue weighted by Crippen LogP contribution is 2.40. The second-order valence-electron chi connectivity index (χ2n) is 9.34. The second-order valence-corrected chi connectivity index (χ2v) is 9.34. The number of hydrogen-bond donors (Lipinski definition) is 2. The zero-order valence-electron chi connectivity index (χ0n) is 18.4. The Morgan fingerprint density at radius 2 is 1.87 bits per heavy atom. The molecule has 0 atom stereocenters. The average Bonchev–Trinajstić information content (AvgIpc) is 3.35. The molecule has 3 heterocycles. The molecule has 1 aromatic carbocycles. The number of pyridine rings is 1. The molecule has 0 bridgehead atoms. The second kappa shape index (κ2) is 7.24. The van der Waals surface area contributed by atoms with Crippen molar-refractivity contribution in [3.05, 3.63) is 53.0 Å². The first-order valence-electron chi connectivity index (χ1n) is 11.1. The lowest BCUT2D eigenvalue weighted by Crippen LogP contribution is -2.25. The Morgan fingerprint density at radius 1 is 1.10 bits per heavy atom. The number of aryl methyl sites for hydroxylation is 1. The van der Waals surface area contributed by atoms with Gasteiger partial charge in [-0.2, -0.15) is 0 Å². The van der Waals surface area contributed by atoms with E-state index in [0.717, 1.165) is 18.5 Å². The molecule has 0 unspecified atom stereocenters. The average molecular weight is 402 g/mol. The van der Waals surface area contributed by atoms with E-state index in [1.807, 2.05) is 4.40 Å². The maximum Gasteiger partial charge on any atom is 0.163 e. The van der Waals surface area contributed by atoms with Crippen molar-refractivity contribution < 1.29 is 0 Å². The number of aromatic amines is 1. The van der Waals surface area contributed by atoms with E-state index in [1.165, 1.54) is 57.3 Å². The molecule has 1 aliphatic rings. The van der Waals surface area contributed by atoms with Crippen molar-refractivity contribution in [1.29, 1.82) is 0 Å². The number of rotatable bonds is 3. The molecule has 0 radical (unpaired) electrons. The largest absolute Gasteiger partial charge is 0.354 e. The summed E-state index contributed by atoms with van der Waals surface area (Å²) in [7, 11) is 0. The SMILES string of the molecule is Cc1c(-c2[nH]c3ccc(C4CCC(N)CC4)cc3c2C(C)C)cn2cnnc2c1C. The molecule has 5 rings (SSSR count). The highest BCUT2D eigenvalue weighted by molar-refractivity contribution is 5.92. The molecule has 5 nitrogen and oxygen atoms in total. The van der Waals surface area contributed by atoms with Crippen LogP contribution < -0.4 is 5.73 Å². The number of nitrogens with zero attached hydrogens (tertiary/aromatic N) is 3. The quantitative estimate of drug-likeness (QED) is 0.469. The molecule has 0 amide bonds. The number of fused-ring (bicyclic) bond motifs is 2. The van der Waals surface area contributed by atoms with Gasteiger partial charge in [-0.15, -0.1) is 10.2 Å². The van der Waals surface area contributed by atoms with Crippen LogP contribution in [-0.2, 0) is 0 Å². The van der Waals surface area contributed by atoms with E-state index in [-0.39, 0.29) is 0 Å². The summed E-state index contributed by atoms with van der Waals surface area (Å²) < 4.78 is 2.03. The van der Waals surface area contributed by atoms with Crippen LogP contribution in [0.25, 0.3) is 27.8 Å². The van der Waals surface area contributed by atoms with Crippen LogP contribution in [-0.4, -0.2) is 25.6 Å². The minimum Gasteiger partial charge on any atom is -0.354 e. The maximum atomic E-state index is 6.14. The number of H-pyrrole nitrogens is 1. The van der Waals surface area contributed by atoms with Crippen LogP contribution in [0.3, 0.4) is 0 Å². The van der Waals surface area contributed by atoms with E-state index in [2.05, 4.69) is 67.3 Å².